The van der Waals surface area contributed by atoms with Gasteiger partial charge in [-0.3, -0.25) is 0 Å². The third kappa shape index (κ3) is 4.14. The molecule has 0 saturated heterocycles. The molecule has 0 radical (unpaired) electrons. The summed E-state index contributed by atoms with van der Waals surface area (Å²) in [5.74, 6) is 1.89. The van der Waals surface area contributed by atoms with Gasteiger partial charge < -0.3 is 10.1 Å². The van der Waals surface area contributed by atoms with Crippen molar-refractivity contribution < 1.29 is 4.74 Å². The van der Waals surface area contributed by atoms with Gasteiger partial charge in [-0.1, -0.05) is 31.0 Å². The van der Waals surface area contributed by atoms with E-state index in [0.29, 0.717) is 12.1 Å². The second-order valence-electron chi connectivity index (χ2n) is 6.54. The van der Waals surface area contributed by atoms with Crippen LogP contribution in [0.3, 0.4) is 0 Å². The first kappa shape index (κ1) is 15.2. The zero-order valence-electron chi connectivity index (χ0n) is 12.9. The molecule has 3 rings (SSSR count). The smallest absolute Gasteiger partial charge is 0.125 e. The molecule has 0 unspecified atom stereocenters. The summed E-state index contributed by atoms with van der Waals surface area (Å²) >= 11 is 6.38. The summed E-state index contributed by atoms with van der Waals surface area (Å²) in [5.41, 5.74) is 1.13. The van der Waals surface area contributed by atoms with Crippen LogP contribution < -0.4 is 10.1 Å². The van der Waals surface area contributed by atoms with Gasteiger partial charge in [0.05, 0.1) is 6.10 Å². The maximum absolute atomic E-state index is 6.38. The molecule has 2 aliphatic carbocycles. The highest BCUT2D eigenvalue weighted by atomic mass is 35.5. The molecule has 116 valence electrons. The third-order valence-corrected chi connectivity index (χ3v) is 5.24. The standard InChI is InChI=1S/C18H26ClNO/c1-2-13-6-10-15(11-7-13)21-18-5-3-4-17(19)16(18)12-20-14-8-9-14/h3-5,13-15,20H,2,6-12H2,1H3. The lowest BCUT2D eigenvalue weighted by Crippen LogP contribution is -2.25. The van der Waals surface area contributed by atoms with E-state index in [2.05, 4.69) is 18.3 Å². The average Bonchev–Trinajstić information content (AvgIpc) is 3.32. The van der Waals surface area contributed by atoms with Gasteiger partial charge >= 0.3 is 0 Å². The van der Waals surface area contributed by atoms with Crippen molar-refractivity contribution in [2.75, 3.05) is 0 Å². The minimum absolute atomic E-state index is 0.367. The Balaban J connectivity index is 1.62. The first-order chi connectivity index (χ1) is 10.3. The normalized spacial score (nSPS) is 25.8. The summed E-state index contributed by atoms with van der Waals surface area (Å²) in [5, 5.41) is 4.37. The van der Waals surface area contributed by atoms with Crippen LogP contribution in [0, 0.1) is 5.92 Å². The summed E-state index contributed by atoms with van der Waals surface area (Å²) in [4.78, 5) is 0. The molecule has 0 heterocycles. The fraction of sp³-hybridized carbons (Fsp3) is 0.667. The highest BCUT2D eigenvalue weighted by molar-refractivity contribution is 6.31. The summed E-state index contributed by atoms with van der Waals surface area (Å²) < 4.78 is 6.29. The first-order valence-electron chi connectivity index (χ1n) is 8.43. The molecule has 1 aromatic carbocycles. The summed E-state index contributed by atoms with van der Waals surface area (Å²) in [6.45, 7) is 3.12. The Labute approximate surface area is 133 Å². The molecule has 0 atom stereocenters. The molecule has 3 heteroatoms. The number of hydrogen-bond donors (Lipinski definition) is 1. The predicted molar refractivity (Wildman–Crippen MR) is 88.0 cm³/mol. The maximum atomic E-state index is 6.38. The molecular weight excluding hydrogens is 282 g/mol. The Morgan fingerprint density at radius 2 is 1.90 bits per heavy atom. The lowest BCUT2D eigenvalue weighted by Gasteiger charge is -2.29. The largest absolute Gasteiger partial charge is 0.490 e. The Kier molecular flexibility index (Phi) is 5.07. The van der Waals surface area contributed by atoms with Crippen LogP contribution in [0.15, 0.2) is 18.2 Å². The Morgan fingerprint density at radius 1 is 1.14 bits per heavy atom. The topological polar surface area (TPSA) is 21.3 Å². The van der Waals surface area contributed by atoms with Gasteiger partial charge in [-0.05, 0) is 56.6 Å². The quantitative estimate of drug-likeness (QED) is 0.803. The van der Waals surface area contributed by atoms with E-state index in [-0.39, 0.29) is 0 Å². The van der Waals surface area contributed by atoms with Gasteiger partial charge in [0.1, 0.15) is 5.75 Å². The van der Waals surface area contributed by atoms with Crippen LogP contribution in [-0.2, 0) is 6.54 Å². The summed E-state index contributed by atoms with van der Waals surface area (Å²) in [6, 6.07) is 6.72. The van der Waals surface area contributed by atoms with Gasteiger partial charge in [-0.25, -0.2) is 0 Å². The SMILES string of the molecule is CCC1CCC(Oc2cccc(Cl)c2CNC2CC2)CC1. The zero-order valence-corrected chi connectivity index (χ0v) is 13.7. The van der Waals surface area contributed by atoms with Gasteiger partial charge in [-0.15, -0.1) is 0 Å². The van der Waals surface area contributed by atoms with E-state index < -0.39 is 0 Å². The summed E-state index contributed by atoms with van der Waals surface area (Å²) in [6.07, 6.45) is 9.23. The van der Waals surface area contributed by atoms with E-state index in [1.807, 2.05) is 12.1 Å². The van der Waals surface area contributed by atoms with E-state index >= 15 is 0 Å². The van der Waals surface area contributed by atoms with Gasteiger partial charge in [0.2, 0.25) is 0 Å². The fourth-order valence-electron chi connectivity index (χ4n) is 3.19. The van der Waals surface area contributed by atoms with Crippen LogP contribution in [0.4, 0.5) is 0 Å². The van der Waals surface area contributed by atoms with Crippen molar-refractivity contribution in [2.45, 2.75) is 70.6 Å². The highest BCUT2D eigenvalue weighted by Crippen LogP contribution is 2.33. The van der Waals surface area contributed by atoms with Gasteiger partial charge in [0, 0.05) is 23.2 Å². The van der Waals surface area contributed by atoms with Crippen molar-refractivity contribution in [1.82, 2.24) is 5.32 Å². The van der Waals surface area contributed by atoms with E-state index in [4.69, 9.17) is 16.3 Å². The van der Waals surface area contributed by atoms with Crippen molar-refractivity contribution in [1.29, 1.82) is 0 Å². The van der Waals surface area contributed by atoms with Crippen molar-refractivity contribution in [3.8, 4) is 5.75 Å². The summed E-state index contributed by atoms with van der Waals surface area (Å²) in [7, 11) is 0. The minimum atomic E-state index is 0.367. The van der Waals surface area contributed by atoms with Crippen LogP contribution in [-0.4, -0.2) is 12.1 Å². The van der Waals surface area contributed by atoms with Crippen molar-refractivity contribution in [3.63, 3.8) is 0 Å². The second kappa shape index (κ2) is 7.02. The molecule has 0 spiro atoms. The van der Waals surface area contributed by atoms with E-state index in [1.165, 1.54) is 44.9 Å². The molecule has 1 aromatic rings. The number of ether oxygens (including phenoxy) is 1. The molecule has 21 heavy (non-hydrogen) atoms. The van der Waals surface area contributed by atoms with Gasteiger partial charge in [0.25, 0.3) is 0 Å². The molecule has 2 nitrogen and oxygen atoms in total. The molecule has 2 fully saturated rings. The number of halogens is 1. The molecule has 0 bridgehead atoms. The van der Waals surface area contributed by atoms with Gasteiger partial charge in [0.15, 0.2) is 0 Å². The van der Waals surface area contributed by atoms with E-state index in [1.54, 1.807) is 0 Å². The first-order valence-corrected chi connectivity index (χ1v) is 8.81. The zero-order chi connectivity index (χ0) is 14.7. The Morgan fingerprint density at radius 3 is 2.57 bits per heavy atom. The lowest BCUT2D eigenvalue weighted by molar-refractivity contribution is 0.128. The van der Waals surface area contributed by atoms with Crippen molar-refractivity contribution >= 4 is 11.6 Å². The van der Waals surface area contributed by atoms with Crippen LogP contribution in [0.2, 0.25) is 5.02 Å². The Hall–Kier alpha value is -0.730. The van der Waals surface area contributed by atoms with Crippen LogP contribution in [0.1, 0.15) is 57.4 Å². The van der Waals surface area contributed by atoms with Crippen LogP contribution in [0.25, 0.3) is 0 Å². The molecule has 0 aliphatic heterocycles. The van der Waals surface area contributed by atoms with Crippen molar-refractivity contribution in [2.24, 2.45) is 5.92 Å². The van der Waals surface area contributed by atoms with E-state index in [0.717, 1.165) is 28.8 Å². The van der Waals surface area contributed by atoms with Crippen LogP contribution in [0.5, 0.6) is 5.75 Å². The number of nitrogens with one attached hydrogen (secondary N) is 1. The highest BCUT2D eigenvalue weighted by Gasteiger charge is 2.24. The predicted octanol–water partition coefficient (Wildman–Crippen LogP) is 4.94. The number of hydrogen-bond acceptors (Lipinski definition) is 2. The average molecular weight is 308 g/mol. The third-order valence-electron chi connectivity index (χ3n) is 4.89. The molecule has 2 aliphatic rings. The molecule has 0 aromatic heterocycles. The number of benzene rings is 1. The molecule has 1 N–H and O–H groups in total. The molecular formula is C18H26ClNO. The molecule has 0 amide bonds. The Bertz CT molecular complexity index is 464. The van der Waals surface area contributed by atoms with Crippen molar-refractivity contribution in [3.05, 3.63) is 28.8 Å². The fourth-order valence-corrected chi connectivity index (χ4v) is 3.42. The monoisotopic (exact) mass is 307 g/mol. The minimum Gasteiger partial charge on any atom is -0.490 e. The maximum Gasteiger partial charge on any atom is 0.125 e. The van der Waals surface area contributed by atoms with Crippen LogP contribution >= 0.6 is 11.6 Å². The van der Waals surface area contributed by atoms with E-state index in [9.17, 15) is 0 Å². The van der Waals surface area contributed by atoms with Gasteiger partial charge in [-0.2, -0.15) is 0 Å². The lowest BCUT2D eigenvalue weighted by atomic mass is 9.86. The number of rotatable bonds is 6. The molecule has 2 saturated carbocycles. The second-order valence-corrected chi connectivity index (χ2v) is 6.95.